The standard InChI is InChI=1S/C20H29N3O2S/c1-19(2,3)18-23-16-15(26-18)10-12(11-21-16)17(24)22-14-8-6-13(7-9-14)20(4,5)25/h10-11,13-14,25H,6-9H2,1-5H3,(H,22,24). The van der Waals surface area contributed by atoms with Gasteiger partial charge in [0.05, 0.1) is 15.9 Å². The summed E-state index contributed by atoms with van der Waals surface area (Å²) in [6.07, 6.45) is 5.31. The predicted octanol–water partition coefficient (Wildman–Crippen LogP) is 4.05. The first-order chi connectivity index (χ1) is 12.0. The average Bonchev–Trinajstić information content (AvgIpc) is 2.98. The van der Waals surface area contributed by atoms with Crippen LogP contribution in [0, 0.1) is 5.92 Å². The molecule has 0 bridgehead atoms. The number of amides is 1. The zero-order valence-electron chi connectivity index (χ0n) is 16.3. The van der Waals surface area contributed by atoms with Crippen molar-refractivity contribution in [2.24, 2.45) is 5.92 Å². The van der Waals surface area contributed by atoms with Crippen molar-refractivity contribution in [1.29, 1.82) is 0 Å². The Kier molecular flexibility index (Phi) is 5.10. The molecule has 3 rings (SSSR count). The van der Waals surface area contributed by atoms with Gasteiger partial charge in [0, 0.05) is 17.7 Å². The summed E-state index contributed by atoms with van der Waals surface area (Å²) in [6, 6.07) is 2.07. The minimum Gasteiger partial charge on any atom is -0.390 e. The van der Waals surface area contributed by atoms with Gasteiger partial charge < -0.3 is 10.4 Å². The molecule has 2 N–H and O–H groups in total. The summed E-state index contributed by atoms with van der Waals surface area (Å²) in [4.78, 5) is 21.6. The van der Waals surface area contributed by atoms with Crippen molar-refractivity contribution in [3.05, 3.63) is 22.8 Å². The Morgan fingerprint density at radius 1 is 1.19 bits per heavy atom. The van der Waals surface area contributed by atoms with E-state index in [2.05, 4.69) is 36.1 Å². The molecular weight excluding hydrogens is 346 g/mol. The Morgan fingerprint density at radius 3 is 2.42 bits per heavy atom. The molecule has 1 saturated carbocycles. The number of aromatic nitrogens is 2. The second-order valence-corrected chi connectivity index (χ2v) is 10.0. The van der Waals surface area contributed by atoms with Crippen LogP contribution in [0.5, 0.6) is 0 Å². The summed E-state index contributed by atoms with van der Waals surface area (Å²) >= 11 is 1.60. The smallest absolute Gasteiger partial charge is 0.253 e. The maximum atomic E-state index is 12.6. The summed E-state index contributed by atoms with van der Waals surface area (Å²) in [5.74, 6) is 0.235. The molecule has 0 aromatic carbocycles. The summed E-state index contributed by atoms with van der Waals surface area (Å²) in [5, 5.41) is 14.3. The number of rotatable bonds is 3. The quantitative estimate of drug-likeness (QED) is 0.849. The lowest BCUT2D eigenvalue weighted by Crippen LogP contribution is -2.41. The predicted molar refractivity (Wildman–Crippen MR) is 106 cm³/mol. The molecule has 26 heavy (non-hydrogen) atoms. The SMILES string of the molecule is CC(C)(C)c1nc2ncc(C(=O)NC3CCC(C(C)(C)O)CC3)cc2s1. The number of hydrogen-bond acceptors (Lipinski definition) is 5. The Hall–Kier alpha value is -1.53. The van der Waals surface area contributed by atoms with Crippen LogP contribution in [0.1, 0.15) is 75.7 Å². The van der Waals surface area contributed by atoms with Crippen LogP contribution in [0.15, 0.2) is 12.3 Å². The topological polar surface area (TPSA) is 75.1 Å². The summed E-state index contributed by atoms with van der Waals surface area (Å²) in [6.45, 7) is 10.1. The second-order valence-electron chi connectivity index (χ2n) is 8.99. The van der Waals surface area contributed by atoms with Gasteiger partial charge in [0.2, 0.25) is 0 Å². The van der Waals surface area contributed by atoms with Crippen molar-refractivity contribution < 1.29 is 9.90 Å². The van der Waals surface area contributed by atoms with Crippen LogP contribution in [0.3, 0.4) is 0 Å². The van der Waals surface area contributed by atoms with Gasteiger partial charge in [0.1, 0.15) is 5.01 Å². The third-order valence-corrected chi connectivity index (χ3v) is 6.63. The van der Waals surface area contributed by atoms with Crippen LogP contribution in [0.2, 0.25) is 0 Å². The highest BCUT2D eigenvalue weighted by molar-refractivity contribution is 7.18. The molecule has 1 aliphatic rings. The van der Waals surface area contributed by atoms with E-state index in [1.54, 1.807) is 17.5 Å². The van der Waals surface area contributed by atoms with Gasteiger partial charge in [-0.25, -0.2) is 9.97 Å². The van der Waals surface area contributed by atoms with E-state index in [1.807, 2.05) is 19.9 Å². The minimum absolute atomic E-state index is 0.0209. The summed E-state index contributed by atoms with van der Waals surface area (Å²) in [7, 11) is 0. The Bertz CT molecular complexity index is 793. The van der Waals surface area contributed by atoms with Gasteiger partial charge >= 0.3 is 0 Å². The lowest BCUT2D eigenvalue weighted by atomic mass is 9.77. The summed E-state index contributed by atoms with van der Waals surface area (Å²) in [5.41, 5.74) is 0.640. The van der Waals surface area contributed by atoms with E-state index in [-0.39, 0.29) is 17.4 Å². The molecule has 1 aliphatic carbocycles. The van der Waals surface area contributed by atoms with Gasteiger partial charge in [-0.1, -0.05) is 20.8 Å². The normalized spacial score (nSPS) is 21.8. The second kappa shape index (κ2) is 6.89. The third-order valence-electron chi connectivity index (χ3n) is 5.21. The number of nitrogens with one attached hydrogen (secondary N) is 1. The number of hydrogen-bond donors (Lipinski definition) is 2. The van der Waals surface area contributed by atoms with Crippen molar-refractivity contribution in [3.8, 4) is 0 Å². The van der Waals surface area contributed by atoms with Gasteiger partial charge in [-0.3, -0.25) is 4.79 Å². The maximum Gasteiger partial charge on any atom is 0.253 e. The first-order valence-electron chi connectivity index (χ1n) is 9.34. The van der Waals surface area contributed by atoms with Crippen molar-refractivity contribution >= 4 is 27.6 Å². The van der Waals surface area contributed by atoms with Gasteiger partial charge in [-0.2, -0.15) is 0 Å². The molecule has 0 atom stereocenters. The highest BCUT2D eigenvalue weighted by atomic mass is 32.1. The zero-order chi connectivity index (χ0) is 19.1. The molecule has 0 spiro atoms. The van der Waals surface area contributed by atoms with Gasteiger partial charge in [0.25, 0.3) is 5.91 Å². The van der Waals surface area contributed by atoms with Crippen molar-refractivity contribution in [3.63, 3.8) is 0 Å². The molecule has 1 amide bonds. The number of nitrogens with zero attached hydrogens (tertiary/aromatic N) is 2. The molecule has 2 aromatic heterocycles. The van der Waals surface area contributed by atoms with E-state index in [9.17, 15) is 9.90 Å². The molecule has 5 nitrogen and oxygen atoms in total. The molecule has 2 aromatic rings. The van der Waals surface area contributed by atoms with E-state index in [0.29, 0.717) is 17.1 Å². The Morgan fingerprint density at radius 2 is 1.85 bits per heavy atom. The molecule has 1 fully saturated rings. The number of carbonyl (C=O) groups excluding carboxylic acids is 1. The lowest BCUT2D eigenvalue weighted by Gasteiger charge is -2.36. The fraction of sp³-hybridized carbons (Fsp3) is 0.650. The third kappa shape index (κ3) is 4.23. The van der Waals surface area contributed by atoms with E-state index in [0.717, 1.165) is 35.4 Å². The first-order valence-corrected chi connectivity index (χ1v) is 10.2. The van der Waals surface area contributed by atoms with Gasteiger partial charge in [-0.15, -0.1) is 11.3 Å². The molecule has 142 valence electrons. The van der Waals surface area contributed by atoms with E-state index in [1.165, 1.54) is 0 Å². The number of aliphatic hydroxyl groups is 1. The van der Waals surface area contributed by atoms with Crippen LogP contribution in [-0.4, -0.2) is 32.6 Å². The van der Waals surface area contributed by atoms with Crippen molar-refractivity contribution in [2.75, 3.05) is 0 Å². The Balaban J connectivity index is 1.67. The fourth-order valence-corrected chi connectivity index (χ4v) is 4.50. The maximum absolute atomic E-state index is 12.6. The number of pyridine rings is 1. The van der Waals surface area contributed by atoms with Crippen molar-refractivity contribution in [2.45, 2.75) is 77.4 Å². The first kappa shape index (κ1) is 19.2. The molecular formula is C20H29N3O2S. The van der Waals surface area contributed by atoms with Crippen molar-refractivity contribution in [1.82, 2.24) is 15.3 Å². The Labute approximate surface area is 159 Å². The average molecular weight is 376 g/mol. The number of fused-ring (bicyclic) bond motifs is 1. The molecule has 2 heterocycles. The number of carbonyl (C=O) groups is 1. The highest BCUT2D eigenvalue weighted by Crippen LogP contribution is 2.33. The molecule has 0 aliphatic heterocycles. The van der Waals surface area contributed by atoms with E-state index in [4.69, 9.17) is 0 Å². The minimum atomic E-state index is -0.638. The van der Waals surface area contributed by atoms with E-state index >= 15 is 0 Å². The number of thiazole rings is 1. The summed E-state index contributed by atoms with van der Waals surface area (Å²) < 4.78 is 0.952. The van der Waals surface area contributed by atoms with Crippen LogP contribution in [-0.2, 0) is 5.41 Å². The van der Waals surface area contributed by atoms with Crippen LogP contribution >= 0.6 is 11.3 Å². The largest absolute Gasteiger partial charge is 0.390 e. The fourth-order valence-electron chi connectivity index (χ4n) is 3.48. The van der Waals surface area contributed by atoms with Gasteiger partial charge in [-0.05, 0) is 51.5 Å². The van der Waals surface area contributed by atoms with Gasteiger partial charge in [0.15, 0.2) is 5.65 Å². The van der Waals surface area contributed by atoms with Crippen LogP contribution in [0.25, 0.3) is 10.3 Å². The molecule has 0 radical (unpaired) electrons. The zero-order valence-corrected chi connectivity index (χ0v) is 17.1. The molecule has 6 heteroatoms. The molecule has 0 saturated heterocycles. The highest BCUT2D eigenvalue weighted by Gasteiger charge is 2.32. The van der Waals surface area contributed by atoms with E-state index < -0.39 is 5.60 Å². The monoisotopic (exact) mass is 375 g/mol. The van der Waals surface area contributed by atoms with Crippen LogP contribution in [0.4, 0.5) is 0 Å². The molecule has 0 unspecified atom stereocenters. The lowest BCUT2D eigenvalue weighted by molar-refractivity contribution is -0.00257. The van der Waals surface area contributed by atoms with Crippen LogP contribution < -0.4 is 5.32 Å².